The number of nitrogens with zero attached hydrogens (tertiary/aromatic N) is 2. The van der Waals surface area contributed by atoms with Gasteiger partial charge < -0.3 is 10.8 Å². The Balaban J connectivity index is 3.53. The van der Waals surface area contributed by atoms with Crippen LogP contribution in [0.5, 0.6) is 0 Å². The molecule has 0 fully saturated rings. The lowest BCUT2D eigenvalue weighted by Gasteiger charge is -2.08. The van der Waals surface area contributed by atoms with Gasteiger partial charge in [-0.05, 0) is 0 Å². The molecular weight excluding hydrogens is 208 g/mol. The zero-order chi connectivity index (χ0) is 11.6. The Morgan fingerprint density at radius 2 is 2.27 bits per heavy atom. The fourth-order valence-electron chi connectivity index (χ4n) is 1.02. The van der Waals surface area contributed by atoms with E-state index in [1.54, 1.807) is 6.07 Å². The molecule has 0 aliphatic carbocycles. The molecule has 7 heteroatoms. The van der Waals surface area contributed by atoms with Crippen LogP contribution in [0.25, 0.3) is 0 Å². The average Bonchev–Trinajstić information content (AvgIpc) is 2.16. The summed E-state index contributed by atoms with van der Waals surface area (Å²) in [6.45, 7) is 0. The first-order valence-electron chi connectivity index (χ1n) is 3.69. The molecule has 0 saturated heterocycles. The quantitative estimate of drug-likeness (QED) is 0.767. The Kier molecular flexibility index (Phi) is 2.80. The van der Waals surface area contributed by atoms with Crippen molar-refractivity contribution in [3.05, 3.63) is 23.0 Å². The van der Waals surface area contributed by atoms with Crippen molar-refractivity contribution in [2.75, 3.05) is 5.73 Å². The highest BCUT2D eigenvalue weighted by molar-refractivity contribution is 5.89. The second kappa shape index (κ2) is 3.88. The maximum absolute atomic E-state index is 12.5. The highest BCUT2D eigenvalue weighted by Gasteiger charge is 2.24. The van der Waals surface area contributed by atoms with Crippen LogP contribution in [-0.4, -0.2) is 16.1 Å². The largest absolute Gasteiger partial charge is 0.476 e. The van der Waals surface area contributed by atoms with E-state index >= 15 is 0 Å². The number of carboxylic acids is 1. The molecule has 0 atom stereocenters. The van der Waals surface area contributed by atoms with Gasteiger partial charge in [-0.3, -0.25) is 0 Å². The van der Waals surface area contributed by atoms with E-state index in [2.05, 4.69) is 4.98 Å². The number of rotatable bonds is 2. The van der Waals surface area contributed by atoms with Crippen LogP contribution in [0, 0.1) is 11.3 Å². The average molecular weight is 213 g/mol. The Morgan fingerprint density at radius 1 is 1.67 bits per heavy atom. The van der Waals surface area contributed by atoms with E-state index in [4.69, 9.17) is 16.1 Å². The third kappa shape index (κ3) is 1.83. The molecule has 0 unspecified atom stereocenters. The van der Waals surface area contributed by atoms with Crippen LogP contribution in [0.1, 0.15) is 28.0 Å². The van der Waals surface area contributed by atoms with E-state index in [-0.39, 0.29) is 5.56 Å². The highest BCUT2D eigenvalue weighted by atomic mass is 19.3. The summed E-state index contributed by atoms with van der Waals surface area (Å²) >= 11 is 0. The molecule has 0 amide bonds. The summed E-state index contributed by atoms with van der Waals surface area (Å²) < 4.78 is 24.9. The summed E-state index contributed by atoms with van der Waals surface area (Å²) in [4.78, 5) is 13.8. The zero-order valence-electron chi connectivity index (χ0n) is 7.24. The molecule has 0 bridgehead atoms. The second-order valence-electron chi connectivity index (χ2n) is 2.57. The zero-order valence-corrected chi connectivity index (χ0v) is 7.24. The minimum Gasteiger partial charge on any atom is -0.476 e. The Morgan fingerprint density at radius 3 is 2.67 bits per heavy atom. The lowest BCUT2D eigenvalue weighted by molar-refractivity contribution is 0.0677. The molecule has 0 saturated carbocycles. The van der Waals surface area contributed by atoms with Crippen molar-refractivity contribution >= 4 is 11.7 Å². The Labute approximate surface area is 82.8 Å². The second-order valence-corrected chi connectivity index (χ2v) is 2.57. The summed E-state index contributed by atoms with van der Waals surface area (Å²) in [5.41, 5.74) is 2.67. The maximum atomic E-state index is 12.5. The third-order valence-electron chi connectivity index (χ3n) is 1.70. The molecule has 1 aromatic heterocycles. The topological polar surface area (TPSA) is 100 Å². The lowest BCUT2D eigenvalue weighted by Crippen LogP contribution is -2.10. The van der Waals surface area contributed by atoms with E-state index < -0.39 is 29.3 Å². The van der Waals surface area contributed by atoms with Gasteiger partial charge >= 0.3 is 5.97 Å². The summed E-state index contributed by atoms with van der Waals surface area (Å²) in [5, 5.41) is 17.1. The fourth-order valence-corrected chi connectivity index (χ4v) is 1.02. The molecule has 3 N–H and O–H groups in total. The van der Waals surface area contributed by atoms with Gasteiger partial charge in [-0.25, -0.2) is 18.6 Å². The van der Waals surface area contributed by atoms with Crippen LogP contribution in [-0.2, 0) is 0 Å². The van der Waals surface area contributed by atoms with Gasteiger partial charge in [0, 0.05) is 6.20 Å². The summed E-state index contributed by atoms with van der Waals surface area (Å²) in [6, 6.07) is 1.54. The highest BCUT2D eigenvalue weighted by Crippen LogP contribution is 2.29. The normalized spacial score (nSPS) is 10.0. The molecule has 1 rings (SSSR count). The molecule has 0 radical (unpaired) electrons. The van der Waals surface area contributed by atoms with Crippen molar-refractivity contribution in [1.82, 2.24) is 4.98 Å². The van der Waals surface area contributed by atoms with Crippen LogP contribution in [0.2, 0.25) is 0 Å². The molecule has 15 heavy (non-hydrogen) atoms. The van der Waals surface area contributed by atoms with Crippen LogP contribution < -0.4 is 5.73 Å². The summed E-state index contributed by atoms with van der Waals surface area (Å²) in [7, 11) is 0. The van der Waals surface area contributed by atoms with E-state index in [9.17, 15) is 13.6 Å². The number of aromatic carboxylic acids is 1. The summed E-state index contributed by atoms with van der Waals surface area (Å²) in [6.07, 6.45) is -2.23. The van der Waals surface area contributed by atoms with Gasteiger partial charge in [-0.1, -0.05) is 0 Å². The number of nitriles is 1. The number of aromatic nitrogens is 1. The third-order valence-corrected chi connectivity index (χ3v) is 1.70. The number of halogens is 2. The van der Waals surface area contributed by atoms with E-state index in [0.717, 1.165) is 6.20 Å². The lowest BCUT2D eigenvalue weighted by atomic mass is 10.1. The molecule has 1 aromatic rings. The van der Waals surface area contributed by atoms with Gasteiger partial charge in [-0.15, -0.1) is 0 Å². The van der Waals surface area contributed by atoms with Gasteiger partial charge in [0.05, 0.1) is 16.8 Å². The molecule has 78 valence electrons. The summed E-state index contributed by atoms with van der Waals surface area (Å²) in [5.74, 6) is -1.61. The molecule has 0 aromatic carbocycles. The first-order valence-corrected chi connectivity index (χ1v) is 3.69. The number of carbonyl (C=O) groups is 1. The van der Waals surface area contributed by atoms with Crippen molar-refractivity contribution in [1.29, 1.82) is 5.26 Å². The smallest absolute Gasteiger partial charge is 0.355 e. The van der Waals surface area contributed by atoms with Crippen LogP contribution >= 0.6 is 0 Å². The van der Waals surface area contributed by atoms with Crippen LogP contribution in [0.4, 0.5) is 14.5 Å². The number of anilines is 1. The number of carboxylic acid groups (broad SMARTS) is 1. The van der Waals surface area contributed by atoms with Gasteiger partial charge in [0.15, 0.2) is 5.69 Å². The predicted molar refractivity (Wildman–Crippen MR) is 45.3 cm³/mol. The van der Waals surface area contributed by atoms with Gasteiger partial charge in [-0.2, -0.15) is 5.26 Å². The van der Waals surface area contributed by atoms with E-state index in [1.807, 2.05) is 0 Å². The Bertz CT molecular complexity index is 454. The molecule has 0 aliphatic heterocycles. The number of alkyl halides is 2. The van der Waals surface area contributed by atoms with Crippen LogP contribution in [0.15, 0.2) is 6.20 Å². The van der Waals surface area contributed by atoms with Crippen molar-refractivity contribution < 1.29 is 18.7 Å². The molecule has 5 nitrogen and oxygen atoms in total. The molecule has 1 heterocycles. The number of nitrogens with two attached hydrogens (primary N) is 1. The number of pyridine rings is 1. The molecular formula is C8H5F2N3O2. The number of nitrogen functional groups attached to an aromatic ring is 1. The number of hydrogen-bond acceptors (Lipinski definition) is 4. The van der Waals surface area contributed by atoms with E-state index in [1.165, 1.54) is 0 Å². The van der Waals surface area contributed by atoms with Gasteiger partial charge in [0.25, 0.3) is 6.43 Å². The van der Waals surface area contributed by atoms with Gasteiger partial charge in [0.2, 0.25) is 0 Å². The molecule has 0 aliphatic rings. The SMILES string of the molecule is N#Cc1cnc(C(=O)O)c(C(F)F)c1N. The molecule has 0 spiro atoms. The monoisotopic (exact) mass is 213 g/mol. The van der Waals surface area contributed by atoms with Crippen LogP contribution in [0.3, 0.4) is 0 Å². The van der Waals surface area contributed by atoms with Gasteiger partial charge in [0.1, 0.15) is 6.07 Å². The minimum atomic E-state index is -3.09. The van der Waals surface area contributed by atoms with E-state index in [0.29, 0.717) is 0 Å². The number of hydrogen-bond donors (Lipinski definition) is 2. The van der Waals surface area contributed by atoms with Crippen molar-refractivity contribution in [3.8, 4) is 6.07 Å². The minimum absolute atomic E-state index is 0.268. The van der Waals surface area contributed by atoms with Crippen molar-refractivity contribution in [2.45, 2.75) is 6.43 Å². The van der Waals surface area contributed by atoms with Crippen molar-refractivity contribution in [2.24, 2.45) is 0 Å². The predicted octanol–water partition coefficient (Wildman–Crippen LogP) is 1.17. The first-order chi connectivity index (χ1) is 6.99. The van der Waals surface area contributed by atoms with Crippen molar-refractivity contribution in [3.63, 3.8) is 0 Å². The maximum Gasteiger partial charge on any atom is 0.355 e. The Hall–Kier alpha value is -2.23. The fraction of sp³-hybridized carbons (Fsp3) is 0.125. The first kappa shape index (κ1) is 10.8. The standard InChI is InChI=1S/C8H5F2N3O2/c9-7(10)4-5(12)3(1-11)2-13-6(4)8(14)15/h2,7H,(H2,12,13)(H,14,15).